The van der Waals surface area contributed by atoms with Gasteiger partial charge in [-0.15, -0.1) is 0 Å². The maximum Gasteiger partial charge on any atom is 0.332 e. The Morgan fingerprint density at radius 2 is 2.00 bits per heavy atom. The van der Waals surface area contributed by atoms with Crippen LogP contribution in [0.2, 0.25) is 0 Å². The van der Waals surface area contributed by atoms with Crippen molar-refractivity contribution in [3.8, 4) is 0 Å². The fourth-order valence-electron chi connectivity index (χ4n) is 4.33. The number of aryl methyl sites for hydroxylation is 1. The standard InChI is InChI=1S/C19H28N6O2/c1-12(2)7-9-25-15-16(22(3)19(27)23(4)17(15)26)21-18(25)24-10-13-6-5-8-20-14(13)11-24/h7,13-14,20H,5-6,8-11H2,1-4H3. The number of aromatic nitrogens is 4. The Hall–Kier alpha value is -2.35. The van der Waals surface area contributed by atoms with E-state index in [4.69, 9.17) is 4.98 Å². The van der Waals surface area contributed by atoms with Crippen LogP contribution in [0.15, 0.2) is 21.2 Å². The summed E-state index contributed by atoms with van der Waals surface area (Å²) in [6.45, 7) is 7.54. The molecule has 0 aromatic carbocycles. The van der Waals surface area contributed by atoms with Gasteiger partial charge in [0.2, 0.25) is 5.95 Å². The number of nitrogens with zero attached hydrogens (tertiary/aromatic N) is 5. The van der Waals surface area contributed by atoms with Gasteiger partial charge in [-0.25, -0.2) is 4.79 Å². The fraction of sp³-hybridized carbons (Fsp3) is 0.632. The molecule has 27 heavy (non-hydrogen) atoms. The van der Waals surface area contributed by atoms with Gasteiger partial charge < -0.3 is 14.8 Å². The zero-order valence-electron chi connectivity index (χ0n) is 16.5. The van der Waals surface area contributed by atoms with Crippen molar-refractivity contribution in [3.63, 3.8) is 0 Å². The maximum atomic E-state index is 12.9. The van der Waals surface area contributed by atoms with E-state index in [0.717, 1.165) is 30.1 Å². The van der Waals surface area contributed by atoms with Crippen LogP contribution < -0.4 is 21.5 Å². The van der Waals surface area contributed by atoms with E-state index in [1.165, 1.54) is 30.0 Å². The number of piperidine rings is 1. The second-order valence-electron chi connectivity index (χ2n) is 8.05. The molecule has 0 aliphatic carbocycles. The normalized spacial score (nSPS) is 22.3. The maximum absolute atomic E-state index is 12.9. The Bertz CT molecular complexity index is 1010. The quantitative estimate of drug-likeness (QED) is 0.798. The molecule has 8 nitrogen and oxygen atoms in total. The van der Waals surface area contributed by atoms with Crippen LogP contribution in [0.25, 0.3) is 11.2 Å². The molecular formula is C19H28N6O2. The van der Waals surface area contributed by atoms with Crippen molar-refractivity contribution in [2.75, 3.05) is 24.5 Å². The Morgan fingerprint density at radius 3 is 2.70 bits per heavy atom. The van der Waals surface area contributed by atoms with Gasteiger partial charge >= 0.3 is 5.69 Å². The van der Waals surface area contributed by atoms with E-state index < -0.39 is 0 Å². The summed E-state index contributed by atoms with van der Waals surface area (Å²) >= 11 is 0. The Labute approximate surface area is 158 Å². The number of anilines is 1. The Balaban J connectivity index is 1.89. The Morgan fingerprint density at radius 1 is 1.22 bits per heavy atom. The van der Waals surface area contributed by atoms with Crippen molar-refractivity contribution >= 4 is 17.1 Å². The summed E-state index contributed by atoms with van der Waals surface area (Å²) in [6, 6.07) is 0.474. The number of rotatable bonds is 3. The first-order chi connectivity index (χ1) is 12.9. The monoisotopic (exact) mass is 372 g/mol. The molecule has 0 bridgehead atoms. The van der Waals surface area contributed by atoms with Crippen LogP contribution in [-0.4, -0.2) is 44.4 Å². The molecule has 2 saturated heterocycles. The average Bonchev–Trinajstić information content (AvgIpc) is 3.24. The number of imidazole rings is 1. The van der Waals surface area contributed by atoms with E-state index in [-0.39, 0.29) is 11.2 Å². The molecule has 146 valence electrons. The van der Waals surface area contributed by atoms with Crippen LogP contribution in [0.5, 0.6) is 0 Å². The largest absolute Gasteiger partial charge is 0.340 e. The van der Waals surface area contributed by atoms with Crippen molar-refractivity contribution < 1.29 is 0 Å². The summed E-state index contributed by atoms with van der Waals surface area (Å²) in [6.07, 6.45) is 4.53. The van der Waals surface area contributed by atoms with Crippen LogP contribution in [-0.2, 0) is 20.6 Å². The smallest absolute Gasteiger partial charge is 0.332 e. The number of hydrogen-bond acceptors (Lipinski definition) is 5. The molecule has 0 amide bonds. The summed E-state index contributed by atoms with van der Waals surface area (Å²) in [5.74, 6) is 1.40. The lowest BCUT2D eigenvalue weighted by Gasteiger charge is -2.24. The first-order valence-electron chi connectivity index (χ1n) is 9.66. The van der Waals surface area contributed by atoms with Crippen molar-refractivity contribution in [2.45, 2.75) is 39.3 Å². The van der Waals surface area contributed by atoms with Crippen LogP contribution in [0.1, 0.15) is 26.7 Å². The third-order valence-electron chi connectivity index (χ3n) is 5.89. The second kappa shape index (κ2) is 6.67. The highest BCUT2D eigenvalue weighted by Crippen LogP contribution is 2.30. The lowest BCUT2D eigenvalue weighted by Crippen LogP contribution is -2.40. The second-order valence-corrected chi connectivity index (χ2v) is 8.05. The number of nitrogens with one attached hydrogen (secondary N) is 1. The SMILES string of the molecule is CC(C)=CCn1c(N2CC3CCCNC3C2)nc2c1c(=O)n(C)c(=O)n2C. The molecule has 4 rings (SSSR count). The van der Waals surface area contributed by atoms with Crippen molar-refractivity contribution in [3.05, 3.63) is 32.5 Å². The van der Waals surface area contributed by atoms with Gasteiger partial charge in [0.25, 0.3) is 5.56 Å². The third-order valence-corrected chi connectivity index (χ3v) is 5.89. The number of hydrogen-bond donors (Lipinski definition) is 1. The van der Waals surface area contributed by atoms with Gasteiger partial charge in [-0.2, -0.15) is 4.98 Å². The summed E-state index contributed by atoms with van der Waals surface area (Å²) in [4.78, 5) is 32.3. The molecule has 0 spiro atoms. The third kappa shape index (κ3) is 2.92. The fourth-order valence-corrected chi connectivity index (χ4v) is 4.33. The lowest BCUT2D eigenvalue weighted by atomic mass is 9.94. The van der Waals surface area contributed by atoms with Gasteiger partial charge in [-0.3, -0.25) is 13.9 Å². The van der Waals surface area contributed by atoms with E-state index in [0.29, 0.717) is 29.7 Å². The number of allylic oxidation sites excluding steroid dienone is 2. The topological polar surface area (TPSA) is 77.1 Å². The minimum Gasteiger partial charge on any atom is -0.340 e. The summed E-state index contributed by atoms with van der Waals surface area (Å²) < 4.78 is 4.61. The summed E-state index contributed by atoms with van der Waals surface area (Å²) in [7, 11) is 3.20. The molecule has 8 heteroatoms. The highest BCUT2D eigenvalue weighted by Gasteiger charge is 2.36. The van der Waals surface area contributed by atoms with Gasteiger partial charge in [0.1, 0.15) is 0 Å². The highest BCUT2D eigenvalue weighted by atomic mass is 16.2. The van der Waals surface area contributed by atoms with Gasteiger partial charge in [-0.1, -0.05) is 11.6 Å². The minimum atomic E-state index is -0.345. The predicted molar refractivity (Wildman–Crippen MR) is 106 cm³/mol. The molecule has 2 aromatic heterocycles. The molecule has 4 heterocycles. The number of fused-ring (bicyclic) bond motifs is 2. The molecule has 2 aromatic rings. The van der Waals surface area contributed by atoms with Crippen LogP contribution in [0.3, 0.4) is 0 Å². The predicted octanol–water partition coefficient (Wildman–Crippen LogP) is 0.588. The molecule has 1 N–H and O–H groups in total. The molecule has 2 atom stereocenters. The van der Waals surface area contributed by atoms with Gasteiger partial charge in [0.05, 0.1) is 0 Å². The van der Waals surface area contributed by atoms with E-state index in [9.17, 15) is 9.59 Å². The van der Waals surface area contributed by atoms with Crippen LogP contribution in [0, 0.1) is 5.92 Å². The summed E-state index contributed by atoms with van der Waals surface area (Å²) in [5.41, 5.74) is 1.51. The molecule has 2 aliphatic heterocycles. The molecule has 2 aliphatic rings. The summed E-state index contributed by atoms with van der Waals surface area (Å²) in [5, 5.41) is 3.61. The zero-order chi connectivity index (χ0) is 19.3. The van der Waals surface area contributed by atoms with Crippen molar-refractivity contribution in [1.82, 2.24) is 24.0 Å². The average molecular weight is 372 g/mol. The van der Waals surface area contributed by atoms with E-state index in [1.807, 2.05) is 18.4 Å². The van der Waals surface area contributed by atoms with E-state index in [1.54, 1.807) is 7.05 Å². The van der Waals surface area contributed by atoms with Gasteiger partial charge in [0, 0.05) is 39.8 Å². The zero-order valence-corrected chi connectivity index (χ0v) is 16.5. The van der Waals surface area contributed by atoms with Gasteiger partial charge in [0.15, 0.2) is 11.2 Å². The van der Waals surface area contributed by atoms with E-state index >= 15 is 0 Å². The first kappa shape index (κ1) is 18.0. The van der Waals surface area contributed by atoms with E-state index in [2.05, 4.69) is 16.3 Å². The molecular weight excluding hydrogens is 344 g/mol. The highest BCUT2D eigenvalue weighted by molar-refractivity contribution is 5.74. The molecule has 0 saturated carbocycles. The van der Waals surface area contributed by atoms with Crippen molar-refractivity contribution in [1.29, 1.82) is 0 Å². The minimum absolute atomic E-state index is 0.288. The Kier molecular flexibility index (Phi) is 4.46. The molecule has 2 unspecified atom stereocenters. The van der Waals surface area contributed by atoms with Crippen molar-refractivity contribution in [2.24, 2.45) is 20.0 Å². The van der Waals surface area contributed by atoms with Crippen LogP contribution in [0.4, 0.5) is 5.95 Å². The van der Waals surface area contributed by atoms with Gasteiger partial charge in [-0.05, 0) is 39.2 Å². The first-order valence-corrected chi connectivity index (χ1v) is 9.66. The van der Waals surface area contributed by atoms with Crippen LogP contribution >= 0.6 is 0 Å². The lowest BCUT2D eigenvalue weighted by molar-refractivity contribution is 0.340. The molecule has 0 radical (unpaired) electrons. The molecule has 2 fully saturated rings.